The van der Waals surface area contributed by atoms with Gasteiger partial charge in [0.2, 0.25) is 0 Å². The van der Waals surface area contributed by atoms with Crippen LogP contribution in [0.1, 0.15) is 6.92 Å². The molecule has 0 spiro atoms. The van der Waals surface area contributed by atoms with E-state index in [1.54, 1.807) is 0 Å². The van der Waals surface area contributed by atoms with Crippen LogP contribution in [0.5, 0.6) is 0 Å². The van der Waals surface area contributed by atoms with E-state index in [1.807, 2.05) is 0 Å². The van der Waals surface area contributed by atoms with Gasteiger partial charge in [0.25, 0.3) is 0 Å². The molecule has 50 valence electrons. The lowest BCUT2D eigenvalue weighted by Gasteiger charge is -1.93. The van der Waals surface area contributed by atoms with Gasteiger partial charge >= 0.3 is 5.97 Å². The van der Waals surface area contributed by atoms with Crippen LogP contribution in [0.15, 0.2) is 0 Å². The highest BCUT2D eigenvalue weighted by molar-refractivity contribution is 5.65. The molecular formula is C4H10O4. The molecule has 0 saturated carbocycles. The summed E-state index contributed by atoms with van der Waals surface area (Å²) in [6.45, 7) is 1.31. The smallest absolute Gasteiger partial charge is 0.302 e. The maximum atomic E-state index is 9.87. The summed E-state index contributed by atoms with van der Waals surface area (Å²) in [4.78, 5) is 9.87. The summed E-state index contributed by atoms with van der Waals surface area (Å²) in [6.07, 6.45) is 0. The number of ether oxygens (including phenoxy) is 1. The van der Waals surface area contributed by atoms with Crippen molar-refractivity contribution in [2.45, 2.75) is 6.92 Å². The second-order valence-electron chi connectivity index (χ2n) is 1.06. The molecule has 0 aliphatic rings. The van der Waals surface area contributed by atoms with Crippen LogP contribution in [0.25, 0.3) is 0 Å². The van der Waals surface area contributed by atoms with Gasteiger partial charge in [-0.25, -0.2) is 0 Å². The summed E-state index contributed by atoms with van der Waals surface area (Å²) in [7, 11) is 0. The van der Waals surface area contributed by atoms with Crippen molar-refractivity contribution in [3.05, 3.63) is 0 Å². The molecule has 0 unspecified atom stereocenters. The molecule has 4 nitrogen and oxygen atoms in total. The highest BCUT2D eigenvalue weighted by Gasteiger charge is 1.86. The average molecular weight is 122 g/mol. The average Bonchev–Trinajstić information content (AvgIpc) is 1.61. The van der Waals surface area contributed by atoms with Gasteiger partial charge in [0.15, 0.2) is 0 Å². The Morgan fingerprint density at radius 2 is 2.25 bits per heavy atom. The third-order valence-corrected chi connectivity index (χ3v) is 0.397. The second-order valence-corrected chi connectivity index (χ2v) is 1.06. The molecular weight excluding hydrogens is 112 g/mol. The third-order valence-electron chi connectivity index (χ3n) is 0.397. The zero-order valence-electron chi connectivity index (χ0n) is 4.68. The van der Waals surface area contributed by atoms with Gasteiger partial charge in [0.05, 0.1) is 6.61 Å². The summed E-state index contributed by atoms with van der Waals surface area (Å²) in [5.74, 6) is -0.353. The van der Waals surface area contributed by atoms with E-state index >= 15 is 0 Å². The van der Waals surface area contributed by atoms with E-state index in [0.717, 1.165) is 0 Å². The monoisotopic (exact) mass is 122 g/mol. The maximum Gasteiger partial charge on any atom is 0.302 e. The molecule has 0 amide bonds. The van der Waals surface area contributed by atoms with Crippen LogP contribution in [0, 0.1) is 0 Å². The van der Waals surface area contributed by atoms with E-state index in [9.17, 15) is 4.79 Å². The van der Waals surface area contributed by atoms with E-state index in [1.165, 1.54) is 6.92 Å². The fourth-order valence-corrected chi connectivity index (χ4v) is 0.189. The van der Waals surface area contributed by atoms with E-state index < -0.39 is 0 Å². The molecule has 0 aliphatic heterocycles. The van der Waals surface area contributed by atoms with E-state index in [4.69, 9.17) is 5.11 Å². The van der Waals surface area contributed by atoms with Crippen LogP contribution in [0.3, 0.4) is 0 Å². The van der Waals surface area contributed by atoms with Gasteiger partial charge in [0, 0.05) is 6.92 Å². The molecule has 0 aromatic heterocycles. The standard InChI is InChI=1S/C4H8O3.H2O/c1-4(6)7-3-2-5;/h5H,2-3H2,1H3;1H2. The Bertz CT molecular complexity index is 61.1. The lowest BCUT2D eigenvalue weighted by molar-refractivity contribution is -0.141. The van der Waals surface area contributed by atoms with Gasteiger partial charge in [-0.2, -0.15) is 0 Å². The van der Waals surface area contributed by atoms with Crippen molar-refractivity contribution in [3.8, 4) is 0 Å². The number of esters is 1. The molecule has 0 saturated heterocycles. The Morgan fingerprint density at radius 1 is 1.75 bits per heavy atom. The van der Waals surface area contributed by atoms with Crippen molar-refractivity contribution < 1.29 is 20.1 Å². The van der Waals surface area contributed by atoms with Crippen LogP contribution < -0.4 is 0 Å². The minimum atomic E-state index is -0.353. The van der Waals surface area contributed by atoms with Crippen LogP contribution in [0.2, 0.25) is 0 Å². The molecule has 8 heavy (non-hydrogen) atoms. The molecule has 0 atom stereocenters. The van der Waals surface area contributed by atoms with Crippen molar-refractivity contribution in [1.82, 2.24) is 0 Å². The number of hydrogen-bond acceptors (Lipinski definition) is 3. The minimum Gasteiger partial charge on any atom is -0.463 e. The molecule has 4 heteroatoms. The molecule has 3 N–H and O–H groups in total. The molecule has 0 radical (unpaired) electrons. The van der Waals surface area contributed by atoms with Gasteiger partial charge in [-0.05, 0) is 0 Å². The number of carbonyl (C=O) groups excluding carboxylic acids is 1. The first kappa shape index (κ1) is 10.4. The predicted octanol–water partition coefficient (Wildman–Crippen LogP) is -1.28. The largest absolute Gasteiger partial charge is 0.463 e. The summed E-state index contributed by atoms with van der Waals surface area (Å²) in [6, 6.07) is 0. The van der Waals surface area contributed by atoms with Crippen molar-refractivity contribution >= 4 is 5.97 Å². The third kappa shape index (κ3) is 9.04. The Hall–Kier alpha value is -0.610. The molecule has 0 aromatic rings. The van der Waals surface area contributed by atoms with Gasteiger partial charge in [0.1, 0.15) is 6.61 Å². The van der Waals surface area contributed by atoms with Gasteiger partial charge in [-0.3, -0.25) is 4.79 Å². The number of rotatable bonds is 2. The van der Waals surface area contributed by atoms with Crippen molar-refractivity contribution in [2.75, 3.05) is 13.2 Å². The molecule has 0 aliphatic carbocycles. The summed E-state index contributed by atoms with van der Waals surface area (Å²) < 4.78 is 4.30. The first-order chi connectivity index (χ1) is 3.27. The van der Waals surface area contributed by atoms with Crippen LogP contribution >= 0.6 is 0 Å². The Morgan fingerprint density at radius 3 is 2.38 bits per heavy atom. The molecule has 0 bridgehead atoms. The maximum absolute atomic E-state index is 9.87. The predicted molar refractivity (Wildman–Crippen MR) is 27.3 cm³/mol. The van der Waals surface area contributed by atoms with Crippen LogP contribution in [-0.4, -0.2) is 29.8 Å². The molecule has 0 fully saturated rings. The summed E-state index contributed by atoms with van der Waals surface area (Å²) in [5, 5.41) is 8.04. The topological polar surface area (TPSA) is 78.0 Å². The van der Waals surface area contributed by atoms with Gasteiger partial charge in [-0.1, -0.05) is 0 Å². The summed E-state index contributed by atoms with van der Waals surface area (Å²) in [5.41, 5.74) is 0. The fraction of sp³-hybridized carbons (Fsp3) is 0.750. The van der Waals surface area contributed by atoms with Gasteiger partial charge < -0.3 is 15.3 Å². The first-order valence-electron chi connectivity index (χ1n) is 2.01. The first-order valence-corrected chi connectivity index (χ1v) is 2.01. The Labute approximate surface area is 47.4 Å². The van der Waals surface area contributed by atoms with Gasteiger partial charge in [-0.15, -0.1) is 0 Å². The zero-order valence-corrected chi connectivity index (χ0v) is 4.68. The number of aliphatic hydroxyl groups excluding tert-OH is 1. The van der Waals surface area contributed by atoms with E-state index in [-0.39, 0.29) is 24.7 Å². The molecule has 0 aromatic carbocycles. The number of hydrogen-bond donors (Lipinski definition) is 1. The van der Waals surface area contributed by atoms with Crippen molar-refractivity contribution in [1.29, 1.82) is 0 Å². The zero-order chi connectivity index (χ0) is 5.70. The number of carbonyl (C=O) groups is 1. The van der Waals surface area contributed by atoms with E-state index in [2.05, 4.69) is 4.74 Å². The van der Waals surface area contributed by atoms with Crippen molar-refractivity contribution in [2.24, 2.45) is 0 Å². The molecule has 0 rings (SSSR count). The van der Waals surface area contributed by atoms with Crippen LogP contribution in [-0.2, 0) is 9.53 Å². The molecule has 0 heterocycles. The summed E-state index contributed by atoms with van der Waals surface area (Å²) >= 11 is 0. The fourth-order valence-electron chi connectivity index (χ4n) is 0.189. The Balaban J connectivity index is 0. The second kappa shape index (κ2) is 6.39. The quantitative estimate of drug-likeness (QED) is 0.463. The highest BCUT2D eigenvalue weighted by atomic mass is 16.5. The normalized spacial score (nSPS) is 7.25. The highest BCUT2D eigenvalue weighted by Crippen LogP contribution is 1.71. The van der Waals surface area contributed by atoms with E-state index in [0.29, 0.717) is 0 Å². The Kier molecular flexibility index (Phi) is 8.30. The lowest BCUT2D eigenvalue weighted by Crippen LogP contribution is -2.03. The number of aliphatic hydroxyl groups is 1. The van der Waals surface area contributed by atoms with Crippen LogP contribution in [0.4, 0.5) is 0 Å². The lowest BCUT2D eigenvalue weighted by atomic mass is 10.7. The minimum absolute atomic E-state index is 0. The van der Waals surface area contributed by atoms with Crippen molar-refractivity contribution in [3.63, 3.8) is 0 Å². The SMILES string of the molecule is CC(=O)OCCO.O.